The van der Waals surface area contributed by atoms with Gasteiger partial charge >= 0.3 is 37.7 Å². The van der Waals surface area contributed by atoms with Gasteiger partial charge < -0.3 is 29.1 Å². The number of aliphatic hydroxyl groups is 2. The fourth-order valence-electron chi connectivity index (χ4n) is 0.307. The zero-order valence-electron chi connectivity index (χ0n) is 6.97. The summed E-state index contributed by atoms with van der Waals surface area (Å²) < 4.78 is 13.5. The summed E-state index contributed by atoms with van der Waals surface area (Å²) in [6, 6.07) is 0. The maximum atomic E-state index is 9.79. The van der Waals surface area contributed by atoms with E-state index in [-0.39, 0.29) is 37.7 Å². The van der Waals surface area contributed by atoms with E-state index in [2.05, 4.69) is 4.52 Å². The Morgan fingerprint density at radius 2 is 1.58 bits per heavy atom. The summed E-state index contributed by atoms with van der Waals surface area (Å²) in [7, 11) is -5.07. The van der Waals surface area contributed by atoms with Crippen LogP contribution in [-0.2, 0) is 9.09 Å². The van der Waals surface area contributed by atoms with Crippen molar-refractivity contribution in [2.75, 3.05) is 13.2 Å². The van der Waals surface area contributed by atoms with Crippen molar-refractivity contribution in [3.8, 4) is 0 Å². The Balaban J connectivity index is -0.000000405. The van der Waals surface area contributed by atoms with E-state index >= 15 is 0 Å². The molecule has 0 atom stereocenters. The summed E-state index contributed by atoms with van der Waals surface area (Å²) >= 11 is 0. The van der Waals surface area contributed by atoms with E-state index in [4.69, 9.17) is 10.2 Å². The van der Waals surface area contributed by atoms with Crippen molar-refractivity contribution in [1.29, 1.82) is 0 Å². The summed E-state index contributed by atoms with van der Waals surface area (Å²) in [5.74, 6) is 0. The number of phosphoric ester groups is 1. The van der Waals surface area contributed by atoms with Crippen molar-refractivity contribution in [3.05, 3.63) is 0 Å². The van der Waals surface area contributed by atoms with Gasteiger partial charge in [-0.2, -0.15) is 0 Å². The first-order chi connectivity index (χ1) is 4.49. The van der Waals surface area contributed by atoms with Crippen LogP contribution in [0.2, 0.25) is 0 Å². The Hall–Kier alpha value is 1.22. The van der Waals surface area contributed by atoms with Crippen LogP contribution in [0.3, 0.4) is 0 Å². The van der Waals surface area contributed by atoms with Crippen molar-refractivity contribution >= 4 is 7.82 Å². The van der Waals surface area contributed by atoms with Crippen LogP contribution in [0.5, 0.6) is 0 Å². The van der Waals surface area contributed by atoms with Crippen LogP contribution in [0, 0.1) is 0 Å². The van der Waals surface area contributed by atoms with Crippen LogP contribution in [0.4, 0.5) is 0 Å². The molecule has 0 unspecified atom stereocenters. The predicted molar refractivity (Wildman–Crippen MR) is 26.7 cm³/mol. The monoisotopic (exact) mass is 184 g/mol. The van der Waals surface area contributed by atoms with E-state index in [1.54, 1.807) is 0 Å². The summed E-state index contributed by atoms with van der Waals surface area (Å²) in [6.07, 6.45) is -1.33. The maximum Gasteiger partial charge on any atom is 1.00 e. The molecule has 0 rings (SSSR count). The van der Waals surface area contributed by atoms with E-state index in [0.29, 0.717) is 0 Å². The molecule has 0 aliphatic heterocycles. The van der Waals surface area contributed by atoms with Gasteiger partial charge in [0.15, 0.2) is 0 Å². The van der Waals surface area contributed by atoms with Crippen LogP contribution < -0.4 is 47.5 Å². The van der Waals surface area contributed by atoms with Gasteiger partial charge in [0.1, 0.15) is 6.10 Å². The Morgan fingerprint density at radius 3 is 1.67 bits per heavy atom. The molecule has 0 amide bonds. The van der Waals surface area contributed by atoms with E-state index < -0.39 is 27.1 Å². The first-order valence-corrected chi connectivity index (χ1v) is 3.88. The molecule has 0 spiro atoms. The normalized spacial score (nSPS) is 10.4. The molecule has 0 saturated carbocycles. The number of hydrogen-bond acceptors (Lipinski definition) is 6. The molecule has 0 aromatic rings. The largest absolute Gasteiger partial charge is 1.00 e. The minimum Gasteiger partial charge on any atom is -0.790 e. The average molecular weight is 184 g/mol. The van der Waals surface area contributed by atoms with E-state index in [1.807, 2.05) is 0 Å². The molecule has 0 bridgehead atoms. The van der Waals surface area contributed by atoms with Crippen LogP contribution in [0.15, 0.2) is 0 Å². The van der Waals surface area contributed by atoms with Gasteiger partial charge in [0.05, 0.1) is 21.0 Å². The Labute approximate surface area is 93.9 Å². The van der Waals surface area contributed by atoms with Gasteiger partial charge in [-0.05, 0) is 0 Å². The number of aliphatic hydroxyl groups excluding tert-OH is 2. The van der Waals surface area contributed by atoms with Gasteiger partial charge in [-0.25, -0.2) is 0 Å². The molecule has 6 nitrogen and oxygen atoms in total. The van der Waals surface area contributed by atoms with Crippen LogP contribution in [0.1, 0.15) is 0 Å². The third-order valence-electron chi connectivity index (χ3n) is 0.685. The topological polar surface area (TPSA) is 113 Å². The molecule has 0 aromatic heterocycles. The predicted octanol–water partition coefficient (Wildman–Crippen LogP) is -8.81. The zero-order chi connectivity index (χ0) is 8.20. The second kappa shape index (κ2) is 8.81. The summed E-state index contributed by atoms with van der Waals surface area (Å²) in [4.78, 5) is 19.6. The van der Waals surface area contributed by atoms with Gasteiger partial charge in [-0.15, -0.1) is 0 Å². The fourth-order valence-corrected chi connectivity index (χ4v) is 0.805. The van der Waals surface area contributed by atoms with Crippen molar-refractivity contribution in [2.24, 2.45) is 0 Å². The minimum atomic E-state index is -5.07. The van der Waals surface area contributed by atoms with Crippen LogP contribution in [-0.4, -0.2) is 29.5 Å². The summed E-state index contributed by atoms with van der Waals surface area (Å²) in [5.41, 5.74) is 0. The standard InChI is InChI=1S/C3H9O6P.2Li/c4-1-3(2-5)9-10(6,7)8;;/h3-5H,1-2H2,(H2,6,7,8);;/q;2*+1/p-2. The first kappa shape index (κ1) is 18.9. The van der Waals surface area contributed by atoms with Crippen LogP contribution in [0.25, 0.3) is 0 Å². The first-order valence-electron chi connectivity index (χ1n) is 2.41. The molecular formula is C3H7Li2O6P. The van der Waals surface area contributed by atoms with Crippen molar-refractivity contribution in [2.45, 2.75) is 6.10 Å². The smallest absolute Gasteiger partial charge is 0.790 e. The fraction of sp³-hybridized carbons (Fsp3) is 1.00. The molecule has 0 fully saturated rings. The molecule has 0 saturated heterocycles. The van der Waals surface area contributed by atoms with Crippen molar-refractivity contribution < 1.29 is 66.8 Å². The average Bonchev–Trinajstić information content (AvgIpc) is 1.81. The molecule has 12 heavy (non-hydrogen) atoms. The molecule has 2 N–H and O–H groups in total. The van der Waals surface area contributed by atoms with Crippen molar-refractivity contribution in [1.82, 2.24) is 0 Å². The molecule has 0 aromatic carbocycles. The second-order valence-corrected chi connectivity index (χ2v) is 2.65. The summed E-state index contributed by atoms with van der Waals surface area (Å²) in [5, 5.41) is 16.4. The van der Waals surface area contributed by atoms with Crippen molar-refractivity contribution in [3.63, 3.8) is 0 Å². The van der Waals surface area contributed by atoms with E-state index in [9.17, 15) is 14.4 Å². The molecule has 0 radical (unpaired) electrons. The molecule has 0 aliphatic carbocycles. The Morgan fingerprint density at radius 1 is 1.25 bits per heavy atom. The Kier molecular flexibility index (Phi) is 13.9. The Bertz CT molecular complexity index is 133. The zero-order valence-corrected chi connectivity index (χ0v) is 7.86. The quantitative estimate of drug-likeness (QED) is 0.331. The molecular weight excluding hydrogens is 177 g/mol. The van der Waals surface area contributed by atoms with E-state index in [0.717, 1.165) is 0 Å². The van der Waals surface area contributed by atoms with Crippen LogP contribution >= 0.6 is 7.82 Å². The van der Waals surface area contributed by atoms with Gasteiger partial charge in [-0.3, -0.25) is 0 Å². The maximum absolute atomic E-state index is 9.79. The number of rotatable bonds is 4. The van der Waals surface area contributed by atoms with Gasteiger partial charge in [0, 0.05) is 0 Å². The molecule has 9 heteroatoms. The molecule has 62 valence electrons. The number of phosphoric acid groups is 1. The molecule has 0 aliphatic rings. The van der Waals surface area contributed by atoms with Gasteiger partial charge in [0.25, 0.3) is 0 Å². The minimum absolute atomic E-state index is 0. The third kappa shape index (κ3) is 11.2. The third-order valence-corrected chi connectivity index (χ3v) is 1.24. The number of hydrogen-bond donors (Lipinski definition) is 2. The van der Waals surface area contributed by atoms with Gasteiger partial charge in [-0.1, -0.05) is 0 Å². The van der Waals surface area contributed by atoms with Gasteiger partial charge in [0.2, 0.25) is 0 Å². The van der Waals surface area contributed by atoms with E-state index in [1.165, 1.54) is 0 Å². The summed E-state index contributed by atoms with van der Waals surface area (Å²) in [6.45, 7) is -1.41. The molecule has 0 heterocycles. The SMILES string of the molecule is O=P([O-])([O-])OC(CO)CO.[Li+].[Li+]. The second-order valence-electron chi connectivity index (χ2n) is 1.54.